The normalized spacial score (nSPS) is 17.0. The van der Waals surface area contributed by atoms with Gasteiger partial charge in [0.1, 0.15) is 5.82 Å². The summed E-state index contributed by atoms with van der Waals surface area (Å²) in [4.78, 5) is 18.4. The molecule has 1 fully saturated rings. The zero-order valence-electron chi connectivity index (χ0n) is 11.5. The van der Waals surface area contributed by atoms with Crippen LogP contribution in [-0.4, -0.2) is 59.9 Å². The lowest BCUT2D eigenvalue weighted by Crippen LogP contribution is -2.49. The minimum Gasteiger partial charge on any atom is -0.478 e. The van der Waals surface area contributed by atoms with Crippen molar-refractivity contribution in [2.24, 2.45) is 0 Å². The number of nitrogens with zero attached hydrogens (tertiary/aromatic N) is 3. The Morgan fingerprint density at radius 1 is 1.29 bits per heavy atom. The van der Waals surface area contributed by atoms with Crippen molar-refractivity contribution in [3.8, 4) is 0 Å². The number of halogens is 3. The minimum absolute atomic E-state index is 0.134. The number of aromatic nitrogens is 1. The van der Waals surface area contributed by atoms with Gasteiger partial charge in [0.15, 0.2) is 0 Å². The topological polar surface area (TPSA) is 56.7 Å². The van der Waals surface area contributed by atoms with Gasteiger partial charge in [-0.25, -0.2) is 9.78 Å². The van der Waals surface area contributed by atoms with E-state index in [0.717, 1.165) is 0 Å². The van der Waals surface area contributed by atoms with Gasteiger partial charge in [-0.2, -0.15) is 13.2 Å². The quantitative estimate of drug-likeness (QED) is 0.922. The zero-order valence-corrected chi connectivity index (χ0v) is 11.5. The number of carboxylic acids is 1. The fourth-order valence-electron chi connectivity index (χ4n) is 2.34. The van der Waals surface area contributed by atoms with Crippen LogP contribution in [0.25, 0.3) is 0 Å². The number of hydrogen-bond donors (Lipinski definition) is 1. The molecule has 1 aromatic heterocycles. The minimum atomic E-state index is -4.18. The second kappa shape index (κ2) is 5.88. The van der Waals surface area contributed by atoms with Crippen molar-refractivity contribution in [2.45, 2.75) is 13.1 Å². The monoisotopic (exact) mass is 303 g/mol. The average molecular weight is 303 g/mol. The van der Waals surface area contributed by atoms with Crippen LogP contribution in [0.5, 0.6) is 0 Å². The lowest BCUT2D eigenvalue weighted by molar-refractivity contribution is -0.146. The van der Waals surface area contributed by atoms with Gasteiger partial charge in [0.25, 0.3) is 0 Å². The Bertz CT molecular complexity index is 526. The summed E-state index contributed by atoms with van der Waals surface area (Å²) in [6.45, 7) is 2.20. The number of piperazine rings is 1. The molecule has 5 nitrogen and oxygen atoms in total. The predicted octanol–water partition coefficient (Wildman–Crippen LogP) is 1.77. The summed E-state index contributed by atoms with van der Waals surface area (Å²) in [5, 5.41) is 8.94. The van der Waals surface area contributed by atoms with E-state index in [0.29, 0.717) is 37.7 Å². The van der Waals surface area contributed by atoms with Gasteiger partial charge in [-0.1, -0.05) is 0 Å². The second-order valence-corrected chi connectivity index (χ2v) is 4.99. The first kappa shape index (κ1) is 15.6. The van der Waals surface area contributed by atoms with E-state index in [2.05, 4.69) is 4.98 Å². The van der Waals surface area contributed by atoms with Crippen molar-refractivity contribution < 1.29 is 23.1 Å². The van der Waals surface area contributed by atoms with E-state index < -0.39 is 18.7 Å². The van der Waals surface area contributed by atoms with Crippen molar-refractivity contribution >= 4 is 11.8 Å². The first-order valence-corrected chi connectivity index (χ1v) is 6.51. The Kier molecular flexibility index (Phi) is 4.36. The van der Waals surface area contributed by atoms with Crippen LogP contribution in [0.15, 0.2) is 12.1 Å². The van der Waals surface area contributed by atoms with Crippen LogP contribution in [0.1, 0.15) is 16.1 Å². The molecule has 2 rings (SSSR count). The Morgan fingerprint density at radius 2 is 1.90 bits per heavy atom. The molecule has 1 aromatic rings. The van der Waals surface area contributed by atoms with Crippen molar-refractivity contribution in [1.82, 2.24) is 9.88 Å². The molecule has 1 aliphatic heterocycles. The first-order valence-electron chi connectivity index (χ1n) is 6.51. The standard InChI is InChI=1S/C13H16F3N3O2/c1-9-10(12(20)21)2-3-11(17-9)19-6-4-18(5-7-19)8-13(14,15)16/h2-3H,4-8H2,1H3,(H,20,21). The largest absolute Gasteiger partial charge is 0.478 e. The molecular formula is C13H16F3N3O2. The molecule has 116 valence electrons. The highest BCUT2D eigenvalue weighted by atomic mass is 19.4. The molecule has 8 heteroatoms. The number of aryl methyl sites for hydroxylation is 1. The lowest BCUT2D eigenvalue weighted by atomic mass is 10.2. The lowest BCUT2D eigenvalue weighted by Gasteiger charge is -2.35. The van der Waals surface area contributed by atoms with Gasteiger partial charge in [0.05, 0.1) is 17.8 Å². The fourth-order valence-corrected chi connectivity index (χ4v) is 2.34. The number of carboxylic acid groups (broad SMARTS) is 1. The molecule has 0 bridgehead atoms. The molecule has 2 heterocycles. The summed E-state index contributed by atoms with van der Waals surface area (Å²) >= 11 is 0. The fraction of sp³-hybridized carbons (Fsp3) is 0.538. The number of hydrogen-bond acceptors (Lipinski definition) is 4. The number of rotatable bonds is 3. The molecule has 0 radical (unpaired) electrons. The van der Waals surface area contributed by atoms with Crippen molar-refractivity contribution in [3.05, 3.63) is 23.4 Å². The summed E-state index contributed by atoms with van der Waals surface area (Å²) in [6.07, 6.45) is -4.18. The van der Waals surface area contributed by atoms with E-state index in [4.69, 9.17) is 5.11 Å². The molecule has 0 unspecified atom stereocenters. The highest BCUT2D eigenvalue weighted by Gasteiger charge is 2.32. The van der Waals surface area contributed by atoms with E-state index in [1.807, 2.05) is 4.90 Å². The van der Waals surface area contributed by atoms with Gasteiger partial charge in [0.2, 0.25) is 0 Å². The van der Waals surface area contributed by atoms with Crippen LogP contribution in [0.2, 0.25) is 0 Å². The van der Waals surface area contributed by atoms with Gasteiger partial charge in [-0.15, -0.1) is 0 Å². The summed E-state index contributed by atoms with van der Waals surface area (Å²) in [6, 6.07) is 3.07. The number of pyridine rings is 1. The van der Waals surface area contributed by atoms with E-state index in [1.165, 1.54) is 11.0 Å². The van der Waals surface area contributed by atoms with Gasteiger partial charge in [0, 0.05) is 26.2 Å². The predicted molar refractivity (Wildman–Crippen MR) is 70.6 cm³/mol. The van der Waals surface area contributed by atoms with Crippen LogP contribution in [0, 0.1) is 6.92 Å². The van der Waals surface area contributed by atoms with Gasteiger partial charge in [-0.3, -0.25) is 4.90 Å². The summed E-state index contributed by atoms with van der Waals surface area (Å²) in [5.41, 5.74) is 0.534. The SMILES string of the molecule is Cc1nc(N2CCN(CC(F)(F)F)CC2)ccc1C(=O)O. The Morgan fingerprint density at radius 3 is 2.38 bits per heavy atom. The third-order valence-corrected chi connectivity index (χ3v) is 3.40. The molecule has 0 aromatic carbocycles. The van der Waals surface area contributed by atoms with Gasteiger partial charge < -0.3 is 10.0 Å². The van der Waals surface area contributed by atoms with E-state index >= 15 is 0 Å². The van der Waals surface area contributed by atoms with Crippen LogP contribution in [0.3, 0.4) is 0 Å². The van der Waals surface area contributed by atoms with Gasteiger partial charge in [-0.05, 0) is 19.1 Å². The molecule has 0 spiro atoms. The molecule has 0 aliphatic carbocycles. The molecule has 1 aliphatic rings. The van der Waals surface area contributed by atoms with Crippen LogP contribution < -0.4 is 4.90 Å². The highest BCUT2D eigenvalue weighted by molar-refractivity contribution is 5.89. The number of aromatic carboxylic acids is 1. The molecule has 1 N–H and O–H groups in total. The molecule has 0 atom stereocenters. The molecule has 21 heavy (non-hydrogen) atoms. The molecule has 1 saturated heterocycles. The zero-order chi connectivity index (χ0) is 15.6. The Balaban J connectivity index is 1.99. The van der Waals surface area contributed by atoms with Gasteiger partial charge >= 0.3 is 12.1 Å². The van der Waals surface area contributed by atoms with E-state index in [9.17, 15) is 18.0 Å². The van der Waals surface area contributed by atoms with Crippen LogP contribution >= 0.6 is 0 Å². The number of carbonyl (C=O) groups is 1. The Hall–Kier alpha value is -1.83. The summed E-state index contributed by atoms with van der Waals surface area (Å²) in [7, 11) is 0. The maximum Gasteiger partial charge on any atom is 0.401 e. The third kappa shape index (κ3) is 4.07. The van der Waals surface area contributed by atoms with E-state index in [-0.39, 0.29) is 5.56 Å². The van der Waals surface area contributed by atoms with Crippen LogP contribution in [0.4, 0.5) is 19.0 Å². The summed E-state index contributed by atoms with van der Waals surface area (Å²) in [5.74, 6) is -0.439. The average Bonchev–Trinajstić information content (AvgIpc) is 2.37. The first-order chi connectivity index (χ1) is 9.76. The van der Waals surface area contributed by atoms with Crippen molar-refractivity contribution in [2.75, 3.05) is 37.6 Å². The maximum atomic E-state index is 12.3. The third-order valence-electron chi connectivity index (χ3n) is 3.40. The van der Waals surface area contributed by atoms with E-state index in [1.54, 1.807) is 13.0 Å². The highest BCUT2D eigenvalue weighted by Crippen LogP contribution is 2.20. The molecular weight excluding hydrogens is 287 g/mol. The second-order valence-electron chi connectivity index (χ2n) is 4.99. The smallest absolute Gasteiger partial charge is 0.401 e. The van der Waals surface area contributed by atoms with Crippen LogP contribution in [-0.2, 0) is 0 Å². The summed E-state index contributed by atoms with van der Waals surface area (Å²) < 4.78 is 36.9. The molecule has 0 amide bonds. The molecule has 0 saturated carbocycles. The number of anilines is 1. The maximum absolute atomic E-state index is 12.3. The number of alkyl halides is 3. The van der Waals surface area contributed by atoms with Crippen molar-refractivity contribution in [1.29, 1.82) is 0 Å². The Labute approximate surface area is 120 Å². The van der Waals surface area contributed by atoms with Crippen molar-refractivity contribution in [3.63, 3.8) is 0 Å².